The zero-order valence-electron chi connectivity index (χ0n) is 14.7. The summed E-state index contributed by atoms with van der Waals surface area (Å²) in [4.78, 5) is 11.3. The molecule has 0 heterocycles. The first-order valence-corrected chi connectivity index (χ1v) is 10.3. The fourth-order valence-electron chi connectivity index (χ4n) is 1.37. The van der Waals surface area contributed by atoms with Crippen LogP contribution in [0.15, 0.2) is 0 Å². The number of rotatable bonds is 12. The minimum atomic E-state index is -0.451. The van der Waals surface area contributed by atoms with E-state index in [0.29, 0.717) is 19.1 Å². The molecule has 0 aliphatic carbocycles. The first-order chi connectivity index (χ1) is 11.0. The van der Waals surface area contributed by atoms with Crippen molar-refractivity contribution in [3.63, 3.8) is 0 Å². The zero-order valence-corrected chi connectivity index (χ0v) is 16.3. The zero-order chi connectivity index (χ0) is 17.4. The fraction of sp³-hybridized carbons (Fsp3) is 0.786. The van der Waals surface area contributed by atoms with E-state index in [1.165, 1.54) is 0 Å². The largest absolute Gasteiger partial charge is 0.447 e. The van der Waals surface area contributed by atoms with Crippen LogP contribution >= 0.6 is 21.6 Å². The van der Waals surface area contributed by atoms with Crippen molar-refractivity contribution in [1.29, 1.82) is 0 Å². The van der Waals surface area contributed by atoms with Crippen molar-refractivity contribution in [2.45, 2.75) is 32.3 Å². The van der Waals surface area contributed by atoms with E-state index in [0.717, 1.165) is 27.4 Å². The van der Waals surface area contributed by atoms with Crippen molar-refractivity contribution in [2.24, 2.45) is 0 Å². The average Bonchev–Trinajstić information content (AvgIpc) is 2.52. The van der Waals surface area contributed by atoms with Crippen molar-refractivity contribution in [3.8, 4) is 11.7 Å². The maximum absolute atomic E-state index is 11.3. The van der Waals surface area contributed by atoms with Gasteiger partial charge in [-0.05, 0) is 20.4 Å². The van der Waals surface area contributed by atoms with Crippen LogP contribution in [-0.2, 0) is 9.47 Å². The molecule has 0 radical (unpaired) electrons. The summed E-state index contributed by atoms with van der Waals surface area (Å²) >= 11 is 0. The Bertz CT molecular complexity index is 377. The Labute approximate surface area is 150 Å². The van der Waals surface area contributed by atoms with Crippen LogP contribution in [0.5, 0.6) is 0 Å². The van der Waals surface area contributed by atoms with E-state index in [-0.39, 0.29) is 11.4 Å². The third kappa shape index (κ3) is 16.2. The van der Waals surface area contributed by atoms with E-state index in [2.05, 4.69) is 50.0 Å². The molecule has 5 nitrogen and oxygen atoms in total. The summed E-state index contributed by atoms with van der Waals surface area (Å²) in [6, 6.07) is 0. The van der Waals surface area contributed by atoms with E-state index in [1.807, 2.05) is 0 Å². The topological polar surface area (TPSA) is 59.6 Å². The van der Waals surface area contributed by atoms with Gasteiger partial charge in [-0.3, -0.25) is 0 Å². The highest BCUT2D eigenvalue weighted by atomic mass is 33.1. The quantitative estimate of drug-likeness (QED) is 0.180. The number of hydrogen-bond acceptors (Lipinski definition) is 6. The maximum Gasteiger partial charge on any atom is 0.407 e. The summed E-state index contributed by atoms with van der Waals surface area (Å²) in [6.07, 6.45) is -0.451. The normalized spacial score (nSPS) is 10.4. The molecule has 0 bridgehead atoms. The molecule has 0 aliphatic heterocycles. The van der Waals surface area contributed by atoms with Gasteiger partial charge >= 0.3 is 6.09 Å². The second-order valence-corrected chi connectivity index (χ2v) is 8.31. The van der Waals surface area contributed by atoms with E-state index in [4.69, 9.17) is 9.47 Å². The molecule has 0 saturated carbocycles. The summed E-state index contributed by atoms with van der Waals surface area (Å²) in [6.45, 7) is 11.5. The van der Waals surface area contributed by atoms with Gasteiger partial charge in [-0.25, -0.2) is 4.79 Å². The smallest absolute Gasteiger partial charge is 0.407 e. The fourth-order valence-corrected chi connectivity index (χ4v) is 3.56. The van der Waals surface area contributed by atoms with E-state index >= 15 is 0 Å². The lowest BCUT2D eigenvalue weighted by Gasteiger charge is -2.23. The highest BCUT2D eigenvalue weighted by Gasteiger charge is 2.17. The van der Waals surface area contributed by atoms with Crippen LogP contribution in [0.3, 0.4) is 0 Å². The Balaban J connectivity index is 3.45. The number of hydrogen-bond donors (Lipinski definition) is 2. The van der Waals surface area contributed by atoms with E-state index in [9.17, 15) is 4.79 Å². The molecule has 0 unspecified atom stereocenters. The van der Waals surface area contributed by atoms with E-state index < -0.39 is 6.09 Å². The summed E-state index contributed by atoms with van der Waals surface area (Å²) in [5.74, 6) is 6.39. The Morgan fingerprint density at radius 1 is 1.35 bits per heavy atom. The van der Waals surface area contributed by atoms with Gasteiger partial charge in [0.05, 0.1) is 20.3 Å². The van der Waals surface area contributed by atoms with Crippen LogP contribution in [0.2, 0.25) is 6.82 Å². The first kappa shape index (κ1) is 22.6. The Hall–Kier alpha value is -0.420. The summed E-state index contributed by atoms with van der Waals surface area (Å²) in [5, 5.41) is 5.92. The van der Waals surface area contributed by atoms with Gasteiger partial charge in [0.15, 0.2) is 7.17 Å². The van der Waals surface area contributed by atoms with Crippen molar-refractivity contribution < 1.29 is 14.3 Å². The standard InChI is InChI=1S/C14H28B2N2O3S2/c1-5-17-11-14(2,3)23-22-12-20-9-10-21-13(19)18-8-6-7-16-15-4/h15-17H,5,8-12H2,1-4H3,(H,18,19). The summed E-state index contributed by atoms with van der Waals surface area (Å²) < 4.78 is 10.6. The highest BCUT2D eigenvalue weighted by Crippen LogP contribution is 2.34. The monoisotopic (exact) mass is 358 g/mol. The van der Waals surface area contributed by atoms with Crippen LogP contribution < -0.4 is 10.6 Å². The molecule has 0 saturated heterocycles. The van der Waals surface area contributed by atoms with Crippen LogP contribution in [-0.4, -0.2) is 64.0 Å². The van der Waals surface area contributed by atoms with Crippen LogP contribution in [0.25, 0.3) is 0 Å². The lowest BCUT2D eigenvalue weighted by molar-refractivity contribution is 0.0941. The van der Waals surface area contributed by atoms with Gasteiger partial charge in [0.25, 0.3) is 0 Å². The molecule has 2 N–H and O–H groups in total. The van der Waals surface area contributed by atoms with Gasteiger partial charge in [0.2, 0.25) is 0 Å². The Morgan fingerprint density at radius 3 is 2.83 bits per heavy atom. The molecule has 0 fully saturated rings. The van der Waals surface area contributed by atoms with Gasteiger partial charge < -0.3 is 20.1 Å². The third-order valence-corrected chi connectivity index (χ3v) is 5.47. The minimum absolute atomic E-state index is 0.166. The second kappa shape index (κ2) is 15.1. The van der Waals surface area contributed by atoms with Gasteiger partial charge in [-0.15, -0.1) is 0 Å². The van der Waals surface area contributed by atoms with Gasteiger partial charge in [-0.2, -0.15) is 5.82 Å². The number of carbonyl (C=O) groups excluding carboxylic acids is 1. The van der Waals surface area contributed by atoms with Crippen molar-refractivity contribution in [3.05, 3.63) is 0 Å². The van der Waals surface area contributed by atoms with Gasteiger partial charge in [-0.1, -0.05) is 41.3 Å². The van der Waals surface area contributed by atoms with Gasteiger partial charge in [0.1, 0.15) is 12.5 Å². The minimum Gasteiger partial charge on any atom is -0.447 e. The van der Waals surface area contributed by atoms with Crippen LogP contribution in [0, 0.1) is 11.7 Å². The molecule has 0 atom stereocenters. The number of carbonyl (C=O) groups is 1. The average molecular weight is 358 g/mol. The molecule has 0 aromatic heterocycles. The SMILES string of the molecule is CBBC#CCNC(=O)OCCOCSSC(C)(C)CNCC. The molecule has 0 spiro atoms. The Morgan fingerprint density at radius 2 is 2.13 bits per heavy atom. The molecule has 23 heavy (non-hydrogen) atoms. The first-order valence-electron chi connectivity index (χ1n) is 7.97. The van der Waals surface area contributed by atoms with Crippen molar-refractivity contribution in [2.75, 3.05) is 38.8 Å². The number of nitrogens with one attached hydrogen (secondary N) is 2. The summed E-state index contributed by atoms with van der Waals surface area (Å²) in [5.41, 5.74) is 0. The molecule has 0 rings (SSSR count). The van der Waals surface area contributed by atoms with Gasteiger partial charge in [0, 0.05) is 11.3 Å². The molecule has 130 valence electrons. The molecule has 9 heteroatoms. The number of amides is 1. The lowest BCUT2D eigenvalue weighted by atomic mass is 9.42. The van der Waals surface area contributed by atoms with Crippen molar-refractivity contribution in [1.82, 2.24) is 10.6 Å². The molecular weight excluding hydrogens is 330 g/mol. The van der Waals surface area contributed by atoms with Crippen LogP contribution in [0.1, 0.15) is 20.8 Å². The molecule has 0 aliphatic rings. The van der Waals surface area contributed by atoms with Crippen LogP contribution in [0.4, 0.5) is 4.79 Å². The Kier molecular flexibility index (Phi) is 14.9. The number of alkyl carbamates (subject to hydrolysis) is 1. The third-order valence-electron chi connectivity index (χ3n) is 2.50. The van der Waals surface area contributed by atoms with Crippen molar-refractivity contribution >= 4 is 42.0 Å². The van der Waals surface area contributed by atoms with E-state index in [1.54, 1.807) is 21.6 Å². The predicted octanol–water partition coefficient (Wildman–Crippen LogP) is 1.25. The molecule has 0 aromatic carbocycles. The molecule has 1 amide bonds. The lowest BCUT2D eigenvalue weighted by Crippen LogP contribution is -2.31. The maximum atomic E-state index is 11.3. The summed E-state index contributed by atoms with van der Waals surface area (Å²) in [7, 11) is 5.34. The number of ether oxygens (including phenoxy) is 2. The molecule has 0 aromatic rings. The predicted molar refractivity (Wildman–Crippen MR) is 106 cm³/mol. The highest BCUT2D eigenvalue weighted by molar-refractivity contribution is 8.77. The molecular formula is C14H28B2N2O3S2. The second-order valence-electron chi connectivity index (χ2n) is 5.36.